The van der Waals surface area contributed by atoms with Gasteiger partial charge in [0, 0.05) is 42.1 Å². The van der Waals surface area contributed by atoms with E-state index in [1.54, 1.807) is 38.1 Å². The first-order valence-corrected chi connectivity index (χ1v) is 12.6. The third-order valence-electron chi connectivity index (χ3n) is 6.57. The van der Waals surface area contributed by atoms with Crippen LogP contribution in [0.4, 0.5) is 5.69 Å². The summed E-state index contributed by atoms with van der Waals surface area (Å²) in [6.07, 6.45) is 7.64. The number of hydrogen-bond donors (Lipinski definition) is 3. The average Bonchev–Trinajstić information content (AvgIpc) is 2.89. The fourth-order valence-electron chi connectivity index (χ4n) is 4.50. The Labute approximate surface area is 229 Å². The van der Waals surface area contributed by atoms with Gasteiger partial charge in [-0.3, -0.25) is 24.5 Å². The van der Waals surface area contributed by atoms with E-state index in [9.17, 15) is 19.5 Å². The first-order valence-electron chi connectivity index (χ1n) is 11.8. The molecule has 2 aromatic heterocycles. The van der Waals surface area contributed by atoms with Crippen LogP contribution in [-0.4, -0.2) is 43.8 Å². The van der Waals surface area contributed by atoms with E-state index in [2.05, 4.69) is 25.6 Å². The summed E-state index contributed by atoms with van der Waals surface area (Å²) >= 11 is 12.1. The number of ketones is 1. The smallest absolute Gasteiger partial charge is 0.326 e. The van der Waals surface area contributed by atoms with Crippen LogP contribution in [0.25, 0.3) is 5.57 Å². The predicted octanol–water partition coefficient (Wildman–Crippen LogP) is 4.99. The zero-order valence-corrected chi connectivity index (χ0v) is 22.3. The lowest BCUT2D eigenvalue weighted by Gasteiger charge is -2.41. The summed E-state index contributed by atoms with van der Waals surface area (Å²) in [6.45, 7) is 5.38. The number of anilines is 1. The van der Waals surface area contributed by atoms with E-state index in [4.69, 9.17) is 23.2 Å². The Balaban J connectivity index is 1.59. The van der Waals surface area contributed by atoms with Gasteiger partial charge in [0.05, 0.1) is 38.5 Å². The lowest BCUT2D eigenvalue weighted by atomic mass is 9.67. The molecule has 0 saturated heterocycles. The van der Waals surface area contributed by atoms with Gasteiger partial charge in [-0.1, -0.05) is 42.3 Å². The van der Waals surface area contributed by atoms with Crippen LogP contribution in [0.2, 0.25) is 10.0 Å². The van der Waals surface area contributed by atoms with Crippen molar-refractivity contribution in [2.45, 2.75) is 39.2 Å². The summed E-state index contributed by atoms with van der Waals surface area (Å²) in [5.74, 6) is -2.12. The van der Waals surface area contributed by atoms with Gasteiger partial charge in [0.1, 0.15) is 6.04 Å². The van der Waals surface area contributed by atoms with Gasteiger partial charge < -0.3 is 15.7 Å². The molecule has 11 heteroatoms. The summed E-state index contributed by atoms with van der Waals surface area (Å²) in [7, 11) is 0. The van der Waals surface area contributed by atoms with Gasteiger partial charge in [-0.15, -0.1) is 0 Å². The molecule has 196 valence electrons. The maximum atomic E-state index is 12.9. The standard InChI is InChI=1S/C27H25Cl2N5O4/c1-4-16(14-5-7-15(8-6-14)33-25(36)20-17(28)11-31-12-18(20)29)22(26(37)38)34-23-21(24(35)27(23,2)3)19-13-30-9-10-32-19/h5-13,16,22,34H,4H2,1-3H3,(H,33,36)(H,37,38)/t16?,22-/m0/s1. The van der Waals surface area contributed by atoms with Crippen LogP contribution < -0.4 is 10.6 Å². The molecule has 0 fully saturated rings. The molecular formula is C27H25Cl2N5O4. The van der Waals surface area contributed by atoms with E-state index in [1.807, 2.05) is 6.92 Å². The van der Waals surface area contributed by atoms with Gasteiger partial charge in [0.2, 0.25) is 0 Å². The van der Waals surface area contributed by atoms with Crippen LogP contribution in [0.3, 0.4) is 0 Å². The molecule has 1 unspecified atom stereocenters. The summed E-state index contributed by atoms with van der Waals surface area (Å²) in [5.41, 5.74) is 1.71. The molecule has 3 aromatic rings. The Morgan fingerprint density at radius 1 is 1.03 bits per heavy atom. The van der Waals surface area contributed by atoms with E-state index < -0.39 is 29.3 Å². The lowest BCUT2D eigenvalue weighted by molar-refractivity contribution is -0.140. The number of nitrogens with one attached hydrogen (secondary N) is 2. The molecule has 9 nitrogen and oxygen atoms in total. The zero-order chi connectivity index (χ0) is 27.6. The monoisotopic (exact) mass is 553 g/mol. The highest BCUT2D eigenvalue weighted by Crippen LogP contribution is 2.45. The molecule has 1 aromatic carbocycles. The molecule has 2 atom stereocenters. The first kappa shape index (κ1) is 27.2. The number of halogens is 2. The molecule has 4 rings (SSSR count). The first-order chi connectivity index (χ1) is 18.1. The lowest BCUT2D eigenvalue weighted by Crippen LogP contribution is -2.51. The quantitative estimate of drug-likeness (QED) is 0.337. The van der Waals surface area contributed by atoms with Gasteiger partial charge in [0.25, 0.3) is 5.91 Å². The molecular weight excluding hydrogens is 529 g/mol. The molecule has 0 spiro atoms. The number of nitrogens with zero attached hydrogens (tertiary/aromatic N) is 3. The average molecular weight is 554 g/mol. The number of carboxylic acid groups (broad SMARTS) is 1. The number of carboxylic acids is 1. The van der Waals surface area contributed by atoms with Crippen molar-refractivity contribution in [3.63, 3.8) is 0 Å². The number of allylic oxidation sites excluding steroid dienone is 2. The maximum absolute atomic E-state index is 12.9. The molecule has 0 radical (unpaired) electrons. The number of pyridine rings is 1. The third-order valence-corrected chi connectivity index (χ3v) is 7.15. The minimum absolute atomic E-state index is 0.110. The molecule has 0 bridgehead atoms. The number of Topliss-reactive ketones (excluding diaryl/α,β-unsaturated/α-hetero) is 1. The zero-order valence-electron chi connectivity index (χ0n) is 20.8. The van der Waals surface area contributed by atoms with E-state index in [0.717, 1.165) is 5.56 Å². The second-order valence-electron chi connectivity index (χ2n) is 9.32. The summed E-state index contributed by atoms with van der Waals surface area (Å²) < 4.78 is 0. The topological polar surface area (TPSA) is 134 Å². The van der Waals surface area contributed by atoms with Crippen LogP contribution in [0.5, 0.6) is 0 Å². The largest absolute Gasteiger partial charge is 0.480 e. The van der Waals surface area contributed by atoms with Crippen molar-refractivity contribution in [1.29, 1.82) is 0 Å². The number of rotatable bonds is 9. The summed E-state index contributed by atoms with van der Waals surface area (Å²) in [4.78, 5) is 50.1. The van der Waals surface area contributed by atoms with Crippen molar-refractivity contribution in [3.8, 4) is 0 Å². The van der Waals surface area contributed by atoms with Gasteiger partial charge >= 0.3 is 5.97 Å². The van der Waals surface area contributed by atoms with Crippen molar-refractivity contribution in [2.24, 2.45) is 5.41 Å². The maximum Gasteiger partial charge on any atom is 0.326 e. The van der Waals surface area contributed by atoms with Crippen molar-refractivity contribution in [2.75, 3.05) is 5.32 Å². The number of aliphatic carboxylic acids is 1. The van der Waals surface area contributed by atoms with Crippen LogP contribution in [0.15, 0.2) is 60.9 Å². The second kappa shape index (κ2) is 10.9. The molecule has 2 heterocycles. The highest BCUT2D eigenvalue weighted by molar-refractivity contribution is 6.40. The number of aromatic nitrogens is 3. The minimum Gasteiger partial charge on any atom is -0.480 e. The van der Waals surface area contributed by atoms with Crippen molar-refractivity contribution >= 4 is 52.1 Å². The van der Waals surface area contributed by atoms with Crippen molar-refractivity contribution in [3.05, 3.63) is 87.8 Å². The molecule has 3 N–H and O–H groups in total. The van der Waals surface area contributed by atoms with Gasteiger partial charge in [-0.25, -0.2) is 4.79 Å². The second-order valence-corrected chi connectivity index (χ2v) is 10.1. The Morgan fingerprint density at radius 2 is 1.68 bits per heavy atom. The Hall–Kier alpha value is -3.82. The number of amides is 1. The Kier molecular flexibility index (Phi) is 7.80. The van der Waals surface area contributed by atoms with E-state index in [-0.39, 0.29) is 21.4 Å². The van der Waals surface area contributed by atoms with Gasteiger partial charge in [-0.05, 0) is 38.0 Å². The van der Waals surface area contributed by atoms with Gasteiger partial charge in [-0.2, -0.15) is 0 Å². The summed E-state index contributed by atoms with van der Waals surface area (Å²) in [5, 5.41) is 16.3. The molecule has 0 saturated carbocycles. The number of hydrogen-bond acceptors (Lipinski definition) is 7. The number of carbonyl (C=O) groups is 3. The molecule has 38 heavy (non-hydrogen) atoms. The van der Waals surface area contributed by atoms with E-state index in [0.29, 0.717) is 29.1 Å². The van der Waals surface area contributed by atoms with Gasteiger partial charge in [0.15, 0.2) is 5.78 Å². The van der Waals surface area contributed by atoms with Crippen LogP contribution in [0.1, 0.15) is 54.7 Å². The van der Waals surface area contributed by atoms with Crippen LogP contribution >= 0.6 is 23.2 Å². The predicted molar refractivity (Wildman–Crippen MR) is 144 cm³/mol. The molecule has 1 aliphatic carbocycles. The van der Waals surface area contributed by atoms with E-state index in [1.165, 1.54) is 31.0 Å². The highest BCUT2D eigenvalue weighted by Gasteiger charge is 2.49. The molecule has 1 aliphatic rings. The molecule has 1 amide bonds. The fraction of sp³-hybridized carbons (Fsp3) is 0.259. The van der Waals surface area contributed by atoms with Crippen LogP contribution in [-0.2, 0) is 9.59 Å². The summed E-state index contributed by atoms with van der Waals surface area (Å²) in [6, 6.07) is 5.85. The SMILES string of the molecule is CCC(c1ccc(NC(=O)c2c(Cl)cncc2Cl)cc1)[C@H](NC1=C(c2cnccn2)C(=O)C1(C)C)C(=O)O. The Morgan fingerprint density at radius 3 is 2.24 bits per heavy atom. The molecule has 0 aliphatic heterocycles. The number of carbonyl (C=O) groups excluding carboxylic acids is 2. The minimum atomic E-state index is -1.06. The van der Waals surface area contributed by atoms with E-state index >= 15 is 0 Å². The fourth-order valence-corrected chi connectivity index (χ4v) is 5.04. The van der Waals surface area contributed by atoms with Crippen molar-refractivity contribution < 1.29 is 19.5 Å². The highest BCUT2D eigenvalue weighted by atomic mass is 35.5. The van der Waals surface area contributed by atoms with Crippen molar-refractivity contribution in [1.82, 2.24) is 20.3 Å². The number of benzene rings is 1. The normalized spacial score (nSPS) is 15.9. The van der Waals surface area contributed by atoms with Crippen LogP contribution in [0, 0.1) is 5.41 Å². The third kappa shape index (κ3) is 5.12. The Bertz CT molecular complexity index is 1400.